The minimum absolute atomic E-state index is 0.276. The topological polar surface area (TPSA) is 53.4 Å². The lowest BCUT2D eigenvalue weighted by atomic mass is 10.0. The predicted molar refractivity (Wildman–Crippen MR) is 110 cm³/mol. The maximum Gasteiger partial charge on any atom is 0.141 e. The molecule has 1 aromatic heterocycles. The van der Waals surface area contributed by atoms with Crippen molar-refractivity contribution in [3.63, 3.8) is 0 Å². The van der Waals surface area contributed by atoms with E-state index in [0.29, 0.717) is 6.61 Å². The summed E-state index contributed by atoms with van der Waals surface area (Å²) >= 11 is 0. The molecule has 0 aliphatic rings. The summed E-state index contributed by atoms with van der Waals surface area (Å²) < 4.78 is 0. The molecule has 0 amide bonds. The Morgan fingerprint density at radius 3 is 1.85 bits per heavy atom. The third kappa shape index (κ3) is 7.74. The number of hydrogen-bond acceptors (Lipinski definition) is 3. The first-order chi connectivity index (χ1) is 12.8. The van der Waals surface area contributed by atoms with Crippen LogP contribution in [-0.4, -0.2) is 21.8 Å². The highest BCUT2D eigenvalue weighted by atomic mass is 16.3. The number of aliphatic hydroxyl groups is 1. The van der Waals surface area contributed by atoms with E-state index < -0.39 is 0 Å². The molecule has 0 aliphatic carbocycles. The van der Waals surface area contributed by atoms with E-state index in [-0.39, 0.29) is 5.75 Å². The molecule has 0 aliphatic heterocycles. The average Bonchev–Trinajstić information content (AvgIpc) is 2.66. The zero-order valence-electron chi connectivity index (χ0n) is 16.1. The molecular formula is C23H35NO2. The van der Waals surface area contributed by atoms with E-state index in [4.69, 9.17) is 5.11 Å². The molecule has 2 rings (SSSR count). The molecule has 0 saturated heterocycles. The molecule has 0 fully saturated rings. The summed E-state index contributed by atoms with van der Waals surface area (Å²) in [4.78, 5) is 4.61. The monoisotopic (exact) mass is 357 g/mol. The van der Waals surface area contributed by atoms with Crippen LogP contribution in [0.25, 0.3) is 10.9 Å². The number of fused-ring (bicyclic) bond motifs is 1. The number of aromatic nitrogens is 1. The molecule has 1 heterocycles. The summed E-state index contributed by atoms with van der Waals surface area (Å²) in [5, 5.41) is 19.6. The van der Waals surface area contributed by atoms with Crippen LogP contribution in [0.2, 0.25) is 0 Å². The van der Waals surface area contributed by atoms with Crippen molar-refractivity contribution >= 4 is 10.9 Å². The minimum atomic E-state index is 0.276. The molecule has 144 valence electrons. The number of hydrogen-bond donors (Lipinski definition) is 2. The first-order valence-corrected chi connectivity index (χ1v) is 10.5. The highest BCUT2D eigenvalue weighted by molar-refractivity contribution is 5.84. The standard InChI is InChI=1S/C23H35NO2/c25-19-12-10-8-6-4-2-1-3-5-7-9-11-15-21-18-17-20-14-13-16-22(26)23(20)24-21/h13-14,16-18,25-26H,1-12,15,19H2. The number of unbranched alkanes of at least 4 members (excludes halogenated alkanes) is 11. The van der Waals surface area contributed by atoms with Gasteiger partial charge < -0.3 is 10.2 Å². The normalized spacial score (nSPS) is 11.3. The van der Waals surface area contributed by atoms with Crippen LogP contribution in [0.5, 0.6) is 5.75 Å². The van der Waals surface area contributed by atoms with Crippen molar-refractivity contribution in [3.05, 3.63) is 36.0 Å². The Labute approximate surface area is 158 Å². The van der Waals surface area contributed by atoms with Crippen LogP contribution in [0.1, 0.15) is 82.7 Å². The third-order valence-electron chi connectivity index (χ3n) is 5.10. The molecule has 26 heavy (non-hydrogen) atoms. The fraction of sp³-hybridized carbons (Fsp3) is 0.609. The third-order valence-corrected chi connectivity index (χ3v) is 5.10. The highest BCUT2D eigenvalue weighted by Gasteiger charge is 2.02. The number of phenols is 1. The van der Waals surface area contributed by atoms with Gasteiger partial charge in [0.2, 0.25) is 0 Å². The van der Waals surface area contributed by atoms with Gasteiger partial charge in [0.25, 0.3) is 0 Å². The molecule has 3 nitrogen and oxygen atoms in total. The number of aliphatic hydroxyl groups excluding tert-OH is 1. The van der Waals surface area contributed by atoms with Crippen LogP contribution in [0, 0.1) is 0 Å². The van der Waals surface area contributed by atoms with Crippen molar-refractivity contribution in [2.75, 3.05) is 6.61 Å². The fourth-order valence-electron chi connectivity index (χ4n) is 3.50. The number of phenolic OH excluding ortho intramolecular Hbond substituents is 1. The molecule has 3 heteroatoms. The molecule has 2 N–H and O–H groups in total. The number of rotatable bonds is 14. The number of pyridine rings is 1. The van der Waals surface area contributed by atoms with Crippen molar-refractivity contribution in [1.29, 1.82) is 0 Å². The van der Waals surface area contributed by atoms with Gasteiger partial charge in [0.1, 0.15) is 11.3 Å². The summed E-state index contributed by atoms with van der Waals surface area (Å²) in [5.74, 6) is 0.276. The van der Waals surface area contributed by atoms with Crippen LogP contribution in [0.4, 0.5) is 0 Å². The summed E-state index contributed by atoms with van der Waals surface area (Å²) in [5.41, 5.74) is 1.81. The lowest BCUT2D eigenvalue weighted by Gasteiger charge is -2.05. The molecular weight excluding hydrogens is 322 g/mol. The Kier molecular flexibility index (Phi) is 10.1. The summed E-state index contributed by atoms with van der Waals surface area (Å²) in [7, 11) is 0. The maximum atomic E-state index is 9.91. The van der Waals surface area contributed by atoms with E-state index in [2.05, 4.69) is 17.1 Å². The Morgan fingerprint density at radius 2 is 1.23 bits per heavy atom. The van der Waals surface area contributed by atoms with E-state index in [9.17, 15) is 5.11 Å². The van der Waals surface area contributed by atoms with E-state index in [1.807, 2.05) is 12.1 Å². The number of benzene rings is 1. The average molecular weight is 358 g/mol. The second-order valence-electron chi connectivity index (χ2n) is 7.37. The molecule has 2 aromatic rings. The van der Waals surface area contributed by atoms with Gasteiger partial charge >= 0.3 is 0 Å². The molecule has 0 radical (unpaired) electrons. The Morgan fingerprint density at radius 1 is 0.654 bits per heavy atom. The zero-order valence-corrected chi connectivity index (χ0v) is 16.1. The number of nitrogens with zero attached hydrogens (tertiary/aromatic N) is 1. The molecule has 0 atom stereocenters. The van der Waals surface area contributed by atoms with Crippen molar-refractivity contribution in [2.45, 2.75) is 83.5 Å². The largest absolute Gasteiger partial charge is 0.506 e. The van der Waals surface area contributed by atoms with Gasteiger partial charge in [-0.15, -0.1) is 0 Å². The Bertz CT molecular complexity index is 627. The number of aromatic hydroxyl groups is 1. The van der Waals surface area contributed by atoms with Gasteiger partial charge in [0.15, 0.2) is 0 Å². The first-order valence-electron chi connectivity index (χ1n) is 10.5. The number of para-hydroxylation sites is 1. The number of aryl methyl sites for hydroxylation is 1. The van der Waals surface area contributed by atoms with Gasteiger partial charge in [-0.1, -0.05) is 82.4 Å². The second-order valence-corrected chi connectivity index (χ2v) is 7.37. The quantitative estimate of drug-likeness (QED) is 0.398. The van der Waals surface area contributed by atoms with Gasteiger partial charge in [-0.2, -0.15) is 0 Å². The Hall–Kier alpha value is -1.61. The van der Waals surface area contributed by atoms with Crippen molar-refractivity contribution in [2.24, 2.45) is 0 Å². The second kappa shape index (κ2) is 12.7. The highest BCUT2D eigenvalue weighted by Crippen LogP contribution is 2.23. The van der Waals surface area contributed by atoms with Gasteiger partial charge in [-0.25, -0.2) is 4.98 Å². The summed E-state index contributed by atoms with van der Waals surface area (Å²) in [6, 6.07) is 9.69. The lowest BCUT2D eigenvalue weighted by molar-refractivity contribution is 0.282. The maximum absolute atomic E-state index is 9.91. The van der Waals surface area contributed by atoms with Crippen LogP contribution in [-0.2, 0) is 6.42 Å². The lowest BCUT2D eigenvalue weighted by Crippen LogP contribution is -1.92. The van der Waals surface area contributed by atoms with Gasteiger partial charge in [0, 0.05) is 17.7 Å². The van der Waals surface area contributed by atoms with Crippen LogP contribution in [0.15, 0.2) is 30.3 Å². The van der Waals surface area contributed by atoms with Crippen LogP contribution in [0.3, 0.4) is 0 Å². The molecule has 0 saturated carbocycles. The SMILES string of the molecule is OCCCCCCCCCCCCCCc1ccc2cccc(O)c2n1. The van der Waals surface area contributed by atoms with E-state index in [1.54, 1.807) is 6.07 Å². The smallest absolute Gasteiger partial charge is 0.141 e. The van der Waals surface area contributed by atoms with Gasteiger partial charge in [-0.05, 0) is 31.4 Å². The van der Waals surface area contributed by atoms with E-state index >= 15 is 0 Å². The summed E-state index contributed by atoms with van der Waals surface area (Å²) in [6.07, 6.45) is 16.3. The molecule has 0 bridgehead atoms. The summed E-state index contributed by atoms with van der Waals surface area (Å²) in [6.45, 7) is 0.347. The van der Waals surface area contributed by atoms with Crippen LogP contribution < -0.4 is 0 Å². The molecule has 1 aromatic carbocycles. The van der Waals surface area contributed by atoms with E-state index in [1.165, 1.54) is 70.6 Å². The van der Waals surface area contributed by atoms with Crippen molar-refractivity contribution < 1.29 is 10.2 Å². The Balaban J connectivity index is 1.48. The first kappa shape index (κ1) is 20.7. The van der Waals surface area contributed by atoms with Gasteiger partial charge in [-0.3, -0.25) is 0 Å². The predicted octanol–water partition coefficient (Wildman–Crippen LogP) is 6.16. The van der Waals surface area contributed by atoms with Crippen molar-refractivity contribution in [3.8, 4) is 5.75 Å². The fourth-order valence-corrected chi connectivity index (χ4v) is 3.50. The minimum Gasteiger partial charge on any atom is -0.506 e. The molecule has 0 spiro atoms. The van der Waals surface area contributed by atoms with Crippen molar-refractivity contribution in [1.82, 2.24) is 4.98 Å². The zero-order chi connectivity index (χ0) is 18.5. The van der Waals surface area contributed by atoms with Gasteiger partial charge in [0.05, 0.1) is 0 Å². The molecule has 0 unspecified atom stereocenters. The van der Waals surface area contributed by atoms with E-state index in [0.717, 1.165) is 29.4 Å². The van der Waals surface area contributed by atoms with Crippen LogP contribution >= 0.6 is 0 Å².